The molecule has 0 saturated carbocycles. The molecule has 30 heavy (non-hydrogen) atoms. The Labute approximate surface area is 178 Å². The second-order valence-electron chi connectivity index (χ2n) is 6.02. The van der Waals surface area contributed by atoms with Gasteiger partial charge in [0.2, 0.25) is 29.5 Å². The molecule has 0 aromatic rings. The molecule has 0 bridgehead atoms. The van der Waals surface area contributed by atoms with Crippen molar-refractivity contribution in [3.63, 3.8) is 0 Å². The summed E-state index contributed by atoms with van der Waals surface area (Å²) in [5.41, 5.74) is 0. The van der Waals surface area contributed by atoms with Crippen LogP contribution in [0.1, 0.15) is 6.92 Å². The number of carbonyl (C=O) groups excluding carboxylic acids is 6. The van der Waals surface area contributed by atoms with Crippen molar-refractivity contribution in [1.82, 2.24) is 31.9 Å². The number of amides is 5. The van der Waals surface area contributed by atoms with Crippen molar-refractivity contribution in [1.29, 1.82) is 0 Å². The van der Waals surface area contributed by atoms with E-state index in [1.54, 1.807) is 0 Å². The van der Waals surface area contributed by atoms with Crippen LogP contribution < -0.4 is 31.9 Å². The predicted molar refractivity (Wildman–Crippen MR) is 108 cm³/mol. The van der Waals surface area contributed by atoms with Gasteiger partial charge in [0.15, 0.2) is 0 Å². The standard InChI is InChI=1S/C16H28N6O7S/c1-9(24)3-18-12(25)4-19-13(26)5-20-14(27)6-21-15(28)10(7-23)22-16(29)11(8-30)17-2/h10-11,17,23,30H,3-8H2,1-2H3,(H,18,25)(H,19,26)(H,20,27)(H,21,28)(H,22,29). The van der Waals surface area contributed by atoms with Crippen LogP contribution in [0.4, 0.5) is 0 Å². The number of Topliss-reactive ketones (excluding diaryl/α,β-unsaturated/α-hetero) is 1. The van der Waals surface area contributed by atoms with E-state index < -0.39 is 61.3 Å². The third kappa shape index (κ3) is 12.0. The van der Waals surface area contributed by atoms with Gasteiger partial charge < -0.3 is 37.0 Å². The van der Waals surface area contributed by atoms with E-state index in [9.17, 15) is 33.9 Å². The van der Waals surface area contributed by atoms with Crippen LogP contribution in [0.15, 0.2) is 0 Å². The van der Waals surface area contributed by atoms with Crippen molar-refractivity contribution in [3.8, 4) is 0 Å². The summed E-state index contributed by atoms with van der Waals surface area (Å²) in [6.07, 6.45) is 0. The summed E-state index contributed by atoms with van der Waals surface area (Å²) >= 11 is 3.98. The molecule has 0 aromatic heterocycles. The van der Waals surface area contributed by atoms with E-state index in [0.717, 1.165) is 0 Å². The highest BCUT2D eigenvalue weighted by atomic mass is 32.1. The molecule has 13 nitrogen and oxygen atoms in total. The second kappa shape index (κ2) is 15.2. The van der Waals surface area contributed by atoms with Crippen LogP contribution in [0.25, 0.3) is 0 Å². The van der Waals surface area contributed by atoms with E-state index in [1.807, 2.05) is 0 Å². The summed E-state index contributed by atoms with van der Waals surface area (Å²) < 4.78 is 0. The highest BCUT2D eigenvalue weighted by molar-refractivity contribution is 7.80. The lowest BCUT2D eigenvalue weighted by Crippen LogP contribution is -2.55. The van der Waals surface area contributed by atoms with Crippen LogP contribution in [0.5, 0.6) is 0 Å². The van der Waals surface area contributed by atoms with Crippen molar-refractivity contribution >= 4 is 47.9 Å². The van der Waals surface area contributed by atoms with E-state index in [1.165, 1.54) is 14.0 Å². The number of hydrogen-bond donors (Lipinski definition) is 8. The average molecular weight is 449 g/mol. The number of ketones is 1. The summed E-state index contributed by atoms with van der Waals surface area (Å²) in [5, 5.41) is 23.2. The highest BCUT2D eigenvalue weighted by Gasteiger charge is 2.23. The number of likely N-dealkylation sites (N-methyl/N-ethyl adjacent to an activating group) is 1. The first kappa shape index (κ1) is 27.3. The smallest absolute Gasteiger partial charge is 0.245 e. The van der Waals surface area contributed by atoms with Gasteiger partial charge >= 0.3 is 0 Å². The molecule has 170 valence electrons. The van der Waals surface area contributed by atoms with Gasteiger partial charge in [-0.2, -0.15) is 12.6 Å². The third-order valence-electron chi connectivity index (χ3n) is 3.51. The first-order valence-corrected chi connectivity index (χ1v) is 9.54. The molecular formula is C16H28N6O7S. The summed E-state index contributed by atoms with van der Waals surface area (Å²) in [7, 11) is 1.54. The van der Waals surface area contributed by atoms with E-state index in [0.29, 0.717) is 0 Å². The van der Waals surface area contributed by atoms with Gasteiger partial charge in [-0.05, 0) is 14.0 Å². The van der Waals surface area contributed by atoms with Gasteiger partial charge in [0, 0.05) is 5.75 Å². The fourth-order valence-electron chi connectivity index (χ4n) is 1.83. The number of carbonyl (C=O) groups is 6. The van der Waals surface area contributed by atoms with Gasteiger partial charge in [-0.25, -0.2) is 0 Å². The largest absolute Gasteiger partial charge is 0.394 e. The Kier molecular flexibility index (Phi) is 13.8. The molecule has 7 N–H and O–H groups in total. The van der Waals surface area contributed by atoms with Gasteiger partial charge in [-0.3, -0.25) is 28.8 Å². The molecule has 0 aliphatic rings. The van der Waals surface area contributed by atoms with Crippen molar-refractivity contribution in [2.45, 2.75) is 19.0 Å². The van der Waals surface area contributed by atoms with Gasteiger partial charge in [-0.15, -0.1) is 0 Å². The molecule has 0 radical (unpaired) electrons. The van der Waals surface area contributed by atoms with Crippen LogP contribution in [-0.2, 0) is 28.8 Å². The van der Waals surface area contributed by atoms with Gasteiger partial charge in [0.1, 0.15) is 11.8 Å². The molecular weight excluding hydrogens is 420 g/mol. The minimum absolute atomic E-state index is 0.148. The third-order valence-corrected chi connectivity index (χ3v) is 3.88. The zero-order chi connectivity index (χ0) is 23.1. The van der Waals surface area contributed by atoms with Crippen LogP contribution >= 0.6 is 12.6 Å². The molecule has 2 unspecified atom stereocenters. The summed E-state index contributed by atoms with van der Waals surface area (Å²) in [6.45, 7) is -0.844. The summed E-state index contributed by atoms with van der Waals surface area (Å²) in [4.78, 5) is 69.2. The molecule has 0 fully saturated rings. The normalized spacial score (nSPS) is 12.1. The van der Waals surface area contributed by atoms with E-state index in [4.69, 9.17) is 0 Å². The summed E-state index contributed by atoms with van der Waals surface area (Å²) in [5.74, 6) is -3.32. The zero-order valence-electron chi connectivity index (χ0n) is 16.7. The molecule has 0 rings (SSSR count). The quantitative estimate of drug-likeness (QED) is 0.121. The Morgan fingerprint density at radius 3 is 1.63 bits per heavy atom. The molecule has 0 aliphatic heterocycles. The zero-order valence-corrected chi connectivity index (χ0v) is 17.6. The Bertz CT molecular complexity index is 642. The predicted octanol–water partition coefficient (Wildman–Crippen LogP) is -4.96. The topological polar surface area (TPSA) is 195 Å². The monoisotopic (exact) mass is 448 g/mol. The number of aliphatic hydroxyl groups excluding tert-OH is 1. The molecule has 14 heteroatoms. The molecule has 0 spiro atoms. The molecule has 2 atom stereocenters. The first-order chi connectivity index (χ1) is 14.1. The van der Waals surface area contributed by atoms with Gasteiger partial charge in [0.05, 0.1) is 38.8 Å². The average Bonchev–Trinajstić information content (AvgIpc) is 2.71. The Morgan fingerprint density at radius 2 is 1.23 bits per heavy atom. The van der Waals surface area contributed by atoms with Crippen molar-refractivity contribution in [2.24, 2.45) is 0 Å². The Hall–Kier alpha value is -2.71. The maximum atomic E-state index is 12.0. The van der Waals surface area contributed by atoms with Gasteiger partial charge in [-0.1, -0.05) is 0 Å². The lowest BCUT2D eigenvalue weighted by Gasteiger charge is -2.19. The fourth-order valence-corrected chi connectivity index (χ4v) is 2.18. The Balaban J connectivity index is 4.22. The van der Waals surface area contributed by atoms with Crippen LogP contribution in [-0.4, -0.2) is 98.1 Å². The fraction of sp³-hybridized carbons (Fsp3) is 0.625. The number of rotatable bonds is 14. The van der Waals surface area contributed by atoms with Gasteiger partial charge in [0.25, 0.3) is 0 Å². The number of nitrogens with one attached hydrogen (secondary N) is 6. The van der Waals surface area contributed by atoms with Crippen LogP contribution in [0.2, 0.25) is 0 Å². The number of hydrogen-bond acceptors (Lipinski definition) is 9. The highest BCUT2D eigenvalue weighted by Crippen LogP contribution is 1.91. The summed E-state index contributed by atoms with van der Waals surface area (Å²) in [6, 6.07) is -1.93. The Morgan fingerprint density at radius 1 is 0.767 bits per heavy atom. The van der Waals surface area contributed by atoms with Crippen molar-refractivity contribution < 1.29 is 33.9 Å². The SMILES string of the molecule is CNC(CS)C(=O)NC(CO)C(=O)NCC(=O)NCC(=O)NCC(=O)NCC(C)=O. The minimum atomic E-state index is -1.27. The van der Waals surface area contributed by atoms with E-state index >= 15 is 0 Å². The number of aliphatic hydroxyl groups is 1. The van der Waals surface area contributed by atoms with E-state index in [-0.39, 0.29) is 24.6 Å². The molecule has 5 amide bonds. The molecule has 0 aliphatic carbocycles. The number of thiol groups is 1. The van der Waals surface area contributed by atoms with Crippen LogP contribution in [0.3, 0.4) is 0 Å². The lowest BCUT2D eigenvalue weighted by molar-refractivity contribution is -0.132. The first-order valence-electron chi connectivity index (χ1n) is 8.91. The van der Waals surface area contributed by atoms with Crippen molar-refractivity contribution in [2.75, 3.05) is 45.6 Å². The maximum absolute atomic E-state index is 12.0. The second-order valence-corrected chi connectivity index (χ2v) is 6.38. The maximum Gasteiger partial charge on any atom is 0.245 e. The minimum Gasteiger partial charge on any atom is -0.394 e. The molecule has 0 aromatic carbocycles. The molecule has 0 heterocycles. The lowest BCUT2D eigenvalue weighted by atomic mass is 10.2. The van der Waals surface area contributed by atoms with Crippen molar-refractivity contribution in [3.05, 3.63) is 0 Å². The van der Waals surface area contributed by atoms with Crippen LogP contribution in [0, 0.1) is 0 Å². The molecule has 0 saturated heterocycles. The van der Waals surface area contributed by atoms with E-state index in [2.05, 4.69) is 44.5 Å².